The lowest BCUT2D eigenvalue weighted by molar-refractivity contribution is 0.0951. The van der Waals surface area contributed by atoms with Crippen LogP contribution in [-0.4, -0.2) is 50.2 Å². The number of nitrogens with two attached hydrogens (primary N) is 1. The standard InChI is InChI=1S/C22H25N5O4/c1-30-19-6-4-15(10-20(19)31-2)12-25-21(28)17-9-14(11-23)3-5-18(17)26-16-7-8-27(13-16)22(24)29/h3-6,9-10,16,26H,7-8,12-13H2,1-2H3,(H2,24,29)(H,25,28)/t16-/m1/s1. The van der Waals surface area contributed by atoms with Crippen LogP contribution in [0.4, 0.5) is 10.5 Å². The van der Waals surface area contributed by atoms with E-state index in [9.17, 15) is 14.9 Å². The van der Waals surface area contributed by atoms with Crippen molar-refractivity contribution in [3.05, 3.63) is 53.1 Å². The van der Waals surface area contributed by atoms with Crippen LogP contribution in [-0.2, 0) is 6.54 Å². The Balaban J connectivity index is 1.74. The molecule has 1 heterocycles. The third-order valence-electron chi connectivity index (χ3n) is 5.15. The molecule has 0 bridgehead atoms. The van der Waals surface area contributed by atoms with Crippen LogP contribution in [0.5, 0.6) is 11.5 Å². The van der Waals surface area contributed by atoms with E-state index in [1.54, 1.807) is 49.5 Å². The second kappa shape index (κ2) is 9.71. The van der Waals surface area contributed by atoms with Crippen molar-refractivity contribution < 1.29 is 19.1 Å². The first kappa shape index (κ1) is 21.8. The van der Waals surface area contributed by atoms with Crippen molar-refractivity contribution >= 4 is 17.6 Å². The lowest BCUT2D eigenvalue weighted by atomic mass is 10.1. The number of carbonyl (C=O) groups excluding carboxylic acids is 2. The number of likely N-dealkylation sites (tertiary alicyclic amines) is 1. The highest BCUT2D eigenvalue weighted by Gasteiger charge is 2.26. The van der Waals surface area contributed by atoms with Crippen LogP contribution in [0.2, 0.25) is 0 Å². The predicted molar refractivity (Wildman–Crippen MR) is 115 cm³/mol. The molecule has 0 unspecified atom stereocenters. The van der Waals surface area contributed by atoms with E-state index in [0.29, 0.717) is 41.4 Å². The fourth-order valence-electron chi connectivity index (χ4n) is 3.49. The molecular weight excluding hydrogens is 398 g/mol. The van der Waals surface area contributed by atoms with Gasteiger partial charge in [-0.1, -0.05) is 6.07 Å². The first-order chi connectivity index (χ1) is 14.9. The summed E-state index contributed by atoms with van der Waals surface area (Å²) >= 11 is 0. The molecule has 1 atom stereocenters. The third-order valence-corrected chi connectivity index (χ3v) is 5.15. The molecule has 1 aliphatic heterocycles. The number of benzene rings is 2. The van der Waals surface area contributed by atoms with Crippen molar-refractivity contribution in [3.8, 4) is 17.6 Å². The van der Waals surface area contributed by atoms with Gasteiger partial charge in [0, 0.05) is 31.4 Å². The fraction of sp³-hybridized carbons (Fsp3) is 0.318. The maximum Gasteiger partial charge on any atom is 0.314 e. The zero-order valence-electron chi connectivity index (χ0n) is 17.5. The van der Waals surface area contributed by atoms with Gasteiger partial charge in [0.15, 0.2) is 11.5 Å². The smallest absolute Gasteiger partial charge is 0.314 e. The van der Waals surface area contributed by atoms with Crippen LogP contribution in [0.25, 0.3) is 0 Å². The van der Waals surface area contributed by atoms with E-state index in [1.165, 1.54) is 0 Å². The van der Waals surface area contributed by atoms with Gasteiger partial charge in [0.1, 0.15) is 0 Å². The number of urea groups is 1. The van der Waals surface area contributed by atoms with Crippen molar-refractivity contribution in [1.29, 1.82) is 5.26 Å². The van der Waals surface area contributed by atoms with Crippen molar-refractivity contribution in [3.63, 3.8) is 0 Å². The molecule has 0 aromatic heterocycles. The molecule has 2 aromatic rings. The summed E-state index contributed by atoms with van der Waals surface area (Å²) in [6.45, 7) is 1.29. The number of nitrogens with one attached hydrogen (secondary N) is 2. The third kappa shape index (κ3) is 5.17. The Labute approximate surface area is 180 Å². The summed E-state index contributed by atoms with van der Waals surface area (Å²) in [6.07, 6.45) is 0.718. The van der Waals surface area contributed by atoms with Gasteiger partial charge in [0.25, 0.3) is 5.91 Å². The molecule has 3 rings (SSSR count). The number of rotatable bonds is 7. The average molecular weight is 423 g/mol. The first-order valence-corrected chi connectivity index (χ1v) is 9.79. The van der Waals surface area contributed by atoms with Gasteiger partial charge < -0.3 is 30.7 Å². The molecule has 1 saturated heterocycles. The van der Waals surface area contributed by atoms with Crippen LogP contribution in [0.1, 0.15) is 27.9 Å². The van der Waals surface area contributed by atoms with E-state index in [0.717, 1.165) is 12.0 Å². The number of nitriles is 1. The van der Waals surface area contributed by atoms with Gasteiger partial charge >= 0.3 is 6.03 Å². The normalized spacial score (nSPS) is 15.1. The number of hydrogen-bond acceptors (Lipinski definition) is 6. The Morgan fingerprint density at radius 2 is 1.97 bits per heavy atom. The topological polar surface area (TPSA) is 130 Å². The lowest BCUT2D eigenvalue weighted by Gasteiger charge is -2.18. The number of hydrogen-bond donors (Lipinski definition) is 3. The summed E-state index contributed by atoms with van der Waals surface area (Å²) in [5.41, 5.74) is 7.52. The minimum atomic E-state index is -0.461. The number of amides is 3. The summed E-state index contributed by atoms with van der Waals surface area (Å²) in [5, 5.41) is 15.4. The average Bonchev–Trinajstić information content (AvgIpc) is 3.26. The highest BCUT2D eigenvalue weighted by molar-refractivity contribution is 6.00. The fourth-order valence-corrected chi connectivity index (χ4v) is 3.49. The lowest BCUT2D eigenvalue weighted by Crippen LogP contribution is -2.35. The number of primary amides is 1. The van der Waals surface area contributed by atoms with Crippen LogP contribution in [0.3, 0.4) is 0 Å². The zero-order valence-corrected chi connectivity index (χ0v) is 17.5. The van der Waals surface area contributed by atoms with Gasteiger partial charge in [-0.15, -0.1) is 0 Å². The minimum Gasteiger partial charge on any atom is -0.493 e. The summed E-state index contributed by atoms with van der Waals surface area (Å²) in [5.74, 6) is 0.856. The number of ether oxygens (including phenoxy) is 2. The Morgan fingerprint density at radius 3 is 2.61 bits per heavy atom. The van der Waals surface area contributed by atoms with Gasteiger partial charge in [-0.25, -0.2) is 4.79 Å². The summed E-state index contributed by atoms with van der Waals surface area (Å²) in [4.78, 5) is 25.9. The Bertz CT molecular complexity index is 1020. The molecular formula is C22H25N5O4. The molecule has 0 saturated carbocycles. The SMILES string of the molecule is COc1ccc(CNC(=O)c2cc(C#N)ccc2N[C@@H]2CCN(C(N)=O)C2)cc1OC. The predicted octanol–water partition coefficient (Wildman–Crippen LogP) is 2.07. The highest BCUT2D eigenvalue weighted by atomic mass is 16.5. The summed E-state index contributed by atoms with van der Waals surface area (Å²) in [7, 11) is 3.11. The molecule has 0 spiro atoms. The Morgan fingerprint density at radius 1 is 1.19 bits per heavy atom. The zero-order chi connectivity index (χ0) is 22.4. The molecule has 2 aromatic carbocycles. The largest absolute Gasteiger partial charge is 0.493 e. The quantitative estimate of drug-likeness (QED) is 0.625. The number of methoxy groups -OCH3 is 2. The molecule has 0 aliphatic carbocycles. The van der Waals surface area contributed by atoms with Crippen LogP contribution >= 0.6 is 0 Å². The molecule has 3 amide bonds. The number of anilines is 1. The number of carbonyl (C=O) groups is 2. The van der Waals surface area contributed by atoms with Crippen LogP contribution in [0, 0.1) is 11.3 Å². The van der Waals surface area contributed by atoms with Gasteiger partial charge in [0.05, 0.1) is 31.4 Å². The Hall–Kier alpha value is -3.93. The van der Waals surface area contributed by atoms with Crippen molar-refractivity contribution in [2.24, 2.45) is 5.73 Å². The molecule has 9 heteroatoms. The van der Waals surface area contributed by atoms with E-state index in [4.69, 9.17) is 15.2 Å². The van der Waals surface area contributed by atoms with E-state index in [1.807, 2.05) is 6.07 Å². The maximum atomic E-state index is 12.9. The van der Waals surface area contributed by atoms with Crippen molar-refractivity contribution in [2.75, 3.05) is 32.6 Å². The van der Waals surface area contributed by atoms with Crippen LogP contribution in [0.15, 0.2) is 36.4 Å². The molecule has 4 N–H and O–H groups in total. The molecule has 1 aliphatic rings. The Kier molecular flexibility index (Phi) is 6.82. The molecule has 9 nitrogen and oxygen atoms in total. The second-order valence-corrected chi connectivity index (χ2v) is 7.16. The van der Waals surface area contributed by atoms with E-state index in [-0.39, 0.29) is 18.5 Å². The van der Waals surface area contributed by atoms with Crippen LogP contribution < -0.4 is 25.8 Å². The molecule has 31 heavy (non-hydrogen) atoms. The highest BCUT2D eigenvalue weighted by Crippen LogP contribution is 2.27. The summed E-state index contributed by atoms with van der Waals surface area (Å²) < 4.78 is 10.5. The van der Waals surface area contributed by atoms with Gasteiger partial charge in [0.2, 0.25) is 0 Å². The van der Waals surface area contributed by atoms with E-state index < -0.39 is 6.03 Å². The van der Waals surface area contributed by atoms with E-state index >= 15 is 0 Å². The van der Waals surface area contributed by atoms with Gasteiger partial charge in [-0.3, -0.25) is 4.79 Å². The molecule has 1 fully saturated rings. The van der Waals surface area contributed by atoms with E-state index in [2.05, 4.69) is 16.7 Å². The monoisotopic (exact) mass is 423 g/mol. The summed E-state index contributed by atoms with van der Waals surface area (Å²) in [6, 6.07) is 11.9. The van der Waals surface area contributed by atoms with Gasteiger partial charge in [-0.05, 0) is 42.3 Å². The first-order valence-electron chi connectivity index (χ1n) is 9.79. The molecule has 162 valence electrons. The maximum absolute atomic E-state index is 12.9. The minimum absolute atomic E-state index is 0.0298. The number of nitrogens with zero attached hydrogens (tertiary/aromatic N) is 2. The molecule has 0 radical (unpaired) electrons. The van der Waals surface area contributed by atoms with Crippen molar-refractivity contribution in [2.45, 2.75) is 19.0 Å². The van der Waals surface area contributed by atoms with Crippen molar-refractivity contribution in [1.82, 2.24) is 10.2 Å². The second-order valence-electron chi connectivity index (χ2n) is 7.16. The van der Waals surface area contributed by atoms with Gasteiger partial charge in [-0.2, -0.15) is 5.26 Å².